The molecule has 0 unspecified atom stereocenters. The Bertz CT molecular complexity index is 861. The van der Waals surface area contributed by atoms with Gasteiger partial charge in [-0.3, -0.25) is 19.7 Å². The molecular formula is C18H17F2N3O6. The average Bonchev–Trinajstić information content (AvgIpc) is 2.68. The number of alkyl halides is 2. The van der Waals surface area contributed by atoms with Gasteiger partial charge in [0.15, 0.2) is 6.61 Å². The number of carbonyl (C=O) groups is 2. The summed E-state index contributed by atoms with van der Waals surface area (Å²) < 4.78 is 33.1. The second kappa shape index (κ2) is 10.5. The van der Waals surface area contributed by atoms with Crippen LogP contribution in [0.25, 0.3) is 0 Å². The monoisotopic (exact) mass is 409 g/mol. The number of esters is 1. The SMILES string of the molecule is O=C(COC(=O)CCNc1ccccc1[N+](=O)[O-])Nc1ccc(OC(F)F)cc1. The zero-order chi connectivity index (χ0) is 21.2. The van der Waals surface area contributed by atoms with Crippen molar-refractivity contribution in [2.45, 2.75) is 13.0 Å². The molecule has 11 heteroatoms. The molecule has 154 valence electrons. The predicted octanol–water partition coefficient (Wildman–Crippen LogP) is 3.18. The van der Waals surface area contributed by atoms with Crippen LogP contribution in [-0.4, -0.2) is 36.6 Å². The average molecular weight is 409 g/mol. The second-order valence-corrected chi connectivity index (χ2v) is 5.56. The number of amides is 1. The van der Waals surface area contributed by atoms with Crippen LogP contribution in [0.5, 0.6) is 5.75 Å². The number of nitrogens with zero attached hydrogens (tertiary/aromatic N) is 1. The van der Waals surface area contributed by atoms with E-state index >= 15 is 0 Å². The fourth-order valence-electron chi connectivity index (χ4n) is 2.22. The normalized spacial score (nSPS) is 10.3. The van der Waals surface area contributed by atoms with Gasteiger partial charge in [-0.25, -0.2) is 0 Å². The number of ether oxygens (including phenoxy) is 2. The molecule has 0 atom stereocenters. The van der Waals surface area contributed by atoms with Crippen LogP contribution in [0, 0.1) is 10.1 Å². The number of anilines is 2. The molecule has 29 heavy (non-hydrogen) atoms. The number of hydrogen-bond acceptors (Lipinski definition) is 7. The summed E-state index contributed by atoms with van der Waals surface area (Å²) in [4.78, 5) is 33.8. The first-order valence-electron chi connectivity index (χ1n) is 8.33. The summed E-state index contributed by atoms with van der Waals surface area (Å²) in [6.07, 6.45) is -0.112. The van der Waals surface area contributed by atoms with E-state index in [0.29, 0.717) is 5.69 Å². The van der Waals surface area contributed by atoms with E-state index in [0.717, 1.165) is 0 Å². The minimum absolute atomic E-state index is 0.0596. The largest absolute Gasteiger partial charge is 0.456 e. The van der Waals surface area contributed by atoms with Crippen LogP contribution < -0.4 is 15.4 Å². The van der Waals surface area contributed by atoms with E-state index in [9.17, 15) is 28.5 Å². The lowest BCUT2D eigenvalue weighted by molar-refractivity contribution is -0.384. The van der Waals surface area contributed by atoms with Crippen molar-refractivity contribution in [2.24, 2.45) is 0 Å². The van der Waals surface area contributed by atoms with Crippen molar-refractivity contribution in [3.63, 3.8) is 0 Å². The molecule has 0 radical (unpaired) electrons. The highest BCUT2D eigenvalue weighted by molar-refractivity contribution is 5.92. The molecule has 9 nitrogen and oxygen atoms in total. The number of para-hydroxylation sites is 2. The lowest BCUT2D eigenvalue weighted by Crippen LogP contribution is -2.22. The summed E-state index contributed by atoms with van der Waals surface area (Å²) >= 11 is 0. The highest BCUT2D eigenvalue weighted by Gasteiger charge is 2.13. The third-order valence-electron chi connectivity index (χ3n) is 3.47. The van der Waals surface area contributed by atoms with Crippen molar-refractivity contribution >= 4 is 28.9 Å². The molecule has 2 aromatic carbocycles. The Kier molecular flexibility index (Phi) is 7.83. The van der Waals surface area contributed by atoms with Crippen LogP contribution >= 0.6 is 0 Å². The Labute approximate surface area is 163 Å². The Morgan fingerprint density at radius 2 is 1.79 bits per heavy atom. The Hall–Kier alpha value is -3.76. The number of nitro benzene ring substituents is 1. The van der Waals surface area contributed by atoms with E-state index in [1.54, 1.807) is 6.07 Å². The maximum atomic E-state index is 12.1. The first-order valence-corrected chi connectivity index (χ1v) is 8.33. The summed E-state index contributed by atoms with van der Waals surface area (Å²) in [5.41, 5.74) is 0.457. The molecule has 0 heterocycles. The first-order chi connectivity index (χ1) is 13.8. The second-order valence-electron chi connectivity index (χ2n) is 5.56. The van der Waals surface area contributed by atoms with Gasteiger partial charge in [-0.2, -0.15) is 8.78 Å². The Morgan fingerprint density at radius 1 is 1.10 bits per heavy atom. The van der Waals surface area contributed by atoms with E-state index in [4.69, 9.17) is 4.74 Å². The van der Waals surface area contributed by atoms with Gasteiger partial charge in [0, 0.05) is 18.3 Å². The quantitative estimate of drug-likeness (QED) is 0.351. The molecule has 0 saturated heterocycles. The maximum Gasteiger partial charge on any atom is 0.387 e. The van der Waals surface area contributed by atoms with Crippen molar-refractivity contribution in [3.8, 4) is 5.75 Å². The van der Waals surface area contributed by atoms with Gasteiger partial charge < -0.3 is 20.1 Å². The molecule has 0 aliphatic heterocycles. The minimum Gasteiger partial charge on any atom is -0.456 e. The summed E-state index contributed by atoms with van der Waals surface area (Å²) in [5, 5.41) is 16.1. The van der Waals surface area contributed by atoms with Crippen LogP contribution in [0.15, 0.2) is 48.5 Å². The van der Waals surface area contributed by atoms with Gasteiger partial charge >= 0.3 is 12.6 Å². The Balaban J connectivity index is 1.71. The minimum atomic E-state index is -2.95. The summed E-state index contributed by atoms with van der Waals surface area (Å²) in [7, 11) is 0. The zero-order valence-corrected chi connectivity index (χ0v) is 15.0. The van der Waals surface area contributed by atoms with Crippen LogP contribution in [0.1, 0.15) is 6.42 Å². The number of hydrogen-bond donors (Lipinski definition) is 2. The smallest absolute Gasteiger partial charge is 0.387 e. The van der Waals surface area contributed by atoms with E-state index in [1.165, 1.54) is 42.5 Å². The topological polar surface area (TPSA) is 120 Å². The molecule has 1 amide bonds. The summed E-state index contributed by atoms with van der Waals surface area (Å²) in [6, 6.07) is 11.2. The van der Waals surface area contributed by atoms with E-state index in [-0.39, 0.29) is 30.1 Å². The highest BCUT2D eigenvalue weighted by atomic mass is 19.3. The molecular weight excluding hydrogens is 392 g/mol. The summed E-state index contributed by atoms with van der Waals surface area (Å²) in [5.74, 6) is -1.35. The molecule has 0 spiro atoms. The van der Waals surface area contributed by atoms with E-state index < -0.39 is 30.0 Å². The van der Waals surface area contributed by atoms with Gasteiger partial charge in [-0.15, -0.1) is 0 Å². The van der Waals surface area contributed by atoms with Crippen LogP contribution in [0.3, 0.4) is 0 Å². The van der Waals surface area contributed by atoms with Gasteiger partial charge in [0.05, 0.1) is 11.3 Å². The van der Waals surface area contributed by atoms with Gasteiger partial charge in [-0.1, -0.05) is 12.1 Å². The molecule has 2 rings (SSSR count). The van der Waals surface area contributed by atoms with Gasteiger partial charge in [-0.05, 0) is 30.3 Å². The summed E-state index contributed by atoms with van der Waals surface area (Å²) in [6.45, 7) is -3.41. The fourth-order valence-corrected chi connectivity index (χ4v) is 2.22. The number of nitrogens with one attached hydrogen (secondary N) is 2. The first kappa shape index (κ1) is 21.5. The molecule has 2 aromatic rings. The van der Waals surface area contributed by atoms with Crippen LogP contribution in [-0.2, 0) is 14.3 Å². The van der Waals surface area contributed by atoms with Crippen molar-refractivity contribution < 1.29 is 32.8 Å². The molecule has 0 aliphatic rings. The van der Waals surface area contributed by atoms with Crippen molar-refractivity contribution in [1.29, 1.82) is 0 Å². The number of nitro groups is 1. The molecule has 0 saturated carbocycles. The molecule has 2 N–H and O–H groups in total. The number of halogens is 2. The van der Waals surface area contributed by atoms with Crippen molar-refractivity contribution in [1.82, 2.24) is 0 Å². The lowest BCUT2D eigenvalue weighted by Gasteiger charge is -2.09. The number of carbonyl (C=O) groups excluding carboxylic acids is 2. The molecule has 0 fully saturated rings. The fraction of sp³-hybridized carbons (Fsp3) is 0.222. The zero-order valence-electron chi connectivity index (χ0n) is 15.0. The molecule has 0 aliphatic carbocycles. The highest BCUT2D eigenvalue weighted by Crippen LogP contribution is 2.23. The third-order valence-corrected chi connectivity index (χ3v) is 3.47. The standard InChI is InChI=1S/C18H17F2N3O6/c19-18(20)29-13-7-5-12(6-8-13)22-16(24)11-28-17(25)9-10-21-14-3-1-2-4-15(14)23(26)27/h1-8,18,21H,9-11H2,(H,22,24). The molecule has 0 bridgehead atoms. The number of rotatable bonds is 10. The van der Waals surface area contributed by atoms with Crippen molar-refractivity contribution in [3.05, 3.63) is 58.6 Å². The maximum absolute atomic E-state index is 12.1. The van der Waals surface area contributed by atoms with Crippen molar-refractivity contribution in [2.75, 3.05) is 23.8 Å². The Morgan fingerprint density at radius 3 is 2.45 bits per heavy atom. The van der Waals surface area contributed by atoms with Gasteiger partial charge in [0.1, 0.15) is 11.4 Å². The van der Waals surface area contributed by atoms with Crippen LogP contribution in [0.2, 0.25) is 0 Å². The van der Waals surface area contributed by atoms with E-state index in [1.807, 2.05) is 0 Å². The molecule has 0 aromatic heterocycles. The van der Waals surface area contributed by atoms with Gasteiger partial charge in [0.2, 0.25) is 0 Å². The van der Waals surface area contributed by atoms with Gasteiger partial charge in [0.25, 0.3) is 11.6 Å². The van der Waals surface area contributed by atoms with E-state index in [2.05, 4.69) is 15.4 Å². The van der Waals surface area contributed by atoms with Crippen LogP contribution in [0.4, 0.5) is 25.8 Å². The predicted molar refractivity (Wildman–Crippen MR) is 98.9 cm³/mol. The lowest BCUT2D eigenvalue weighted by atomic mass is 10.2. The third kappa shape index (κ3) is 7.40. The number of benzene rings is 2.